The predicted octanol–water partition coefficient (Wildman–Crippen LogP) is 4.10. The lowest BCUT2D eigenvalue weighted by Gasteiger charge is -2.26. The number of nitrogens with one attached hydrogen (secondary N) is 1. The van der Waals surface area contributed by atoms with Crippen molar-refractivity contribution in [1.82, 2.24) is 5.32 Å². The fourth-order valence-corrected chi connectivity index (χ4v) is 3.28. The third-order valence-electron chi connectivity index (χ3n) is 4.32. The monoisotopic (exact) mass is 361 g/mol. The van der Waals surface area contributed by atoms with Crippen LogP contribution in [0.4, 0.5) is 4.79 Å². The molecule has 0 radical (unpaired) electrons. The van der Waals surface area contributed by atoms with E-state index in [1.54, 1.807) is 0 Å². The largest absolute Gasteiger partial charge is 0.460 e. The summed E-state index contributed by atoms with van der Waals surface area (Å²) in [5, 5.41) is 2.92. The molecule has 1 aromatic carbocycles. The molecule has 0 aliphatic carbocycles. The van der Waals surface area contributed by atoms with Gasteiger partial charge in [0.2, 0.25) is 0 Å². The molecule has 0 saturated carbocycles. The molecule has 5 heteroatoms. The van der Waals surface area contributed by atoms with Crippen LogP contribution in [-0.4, -0.2) is 29.8 Å². The maximum Gasteiger partial charge on any atom is 0.408 e. The van der Waals surface area contributed by atoms with E-state index in [1.807, 2.05) is 51.1 Å². The maximum absolute atomic E-state index is 12.3. The highest BCUT2D eigenvalue weighted by Crippen LogP contribution is 2.30. The van der Waals surface area contributed by atoms with Gasteiger partial charge in [0, 0.05) is 0 Å². The van der Waals surface area contributed by atoms with E-state index < -0.39 is 11.7 Å². The number of amides is 1. The average molecular weight is 361 g/mol. The Morgan fingerprint density at radius 1 is 1.27 bits per heavy atom. The summed E-state index contributed by atoms with van der Waals surface area (Å²) >= 11 is 0. The number of ether oxygens (including phenoxy) is 2. The van der Waals surface area contributed by atoms with Gasteiger partial charge in [-0.05, 0) is 51.5 Å². The van der Waals surface area contributed by atoms with E-state index >= 15 is 0 Å². The van der Waals surface area contributed by atoms with Crippen molar-refractivity contribution in [3.05, 3.63) is 35.9 Å². The molecule has 1 aliphatic heterocycles. The van der Waals surface area contributed by atoms with Crippen molar-refractivity contribution < 1.29 is 19.1 Å². The summed E-state index contributed by atoms with van der Waals surface area (Å²) in [6.07, 6.45) is 1.21. The molecule has 1 N–H and O–H groups in total. The lowest BCUT2D eigenvalue weighted by atomic mass is 9.91. The quantitative estimate of drug-likeness (QED) is 0.775. The number of hydrogen-bond donors (Lipinski definition) is 1. The summed E-state index contributed by atoms with van der Waals surface area (Å²) in [5.74, 6) is 0.171. The van der Waals surface area contributed by atoms with Gasteiger partial charge in [-0.1, -0.05) is 44.2 Å². The summed E-state index contributed by atoms with van der Waals surface area (Å²) in [7, 11) is 0. The Bertz CT molecular complexity index is 606. The molecule has 0 unspecified atom stereocenters. The Kier molecular flexibility index (Phi) is 6.68. The minimum atomic E-state index is -0.575. The van der Waals surface area contributed by atoms with Crippen molar-refractivity contribution in [1.29, 1.82) is 0 Å². The molecule has 1 amide bonds. The summed E-state index contributed by atoms with van der Waals surface area (Å²) in [6, 6.07) is 9.57. The van der Waals surface area contributed by atoms with Crippen molar-refractivity contribution in [2.75, 3.05) is 0 Å². The minimum absolute atomic E-state index is 0.0984. The van der Waals surface area contributed by atoms with Crippen LogP contribution >= 0.6 is 0 Å². The number of cyclic esters (lactones) is 1. The Morgan fingerprint density at radius 2 is 1.92 bits per heavy atom. The molecular formula is C21H31NO4. The lowest BCUT2D eigenvalue weighted by Crippen LogP contribution is -2.46. The first-order valence-corrected chi connectivity index (χ1v) is 9.38. The van der Waals surface area contributed by atoms with Gasteiger partial charge >= 0.3 is 12.1 Å². The molecule has 3 atom stereocenters. The van der Waals surface area contributed by atoms with Crippen LogP contribution < -0.4 is 5.32 Å². The van der Waals surface area contributed by atoms with E-state index in [9.17, 15) is 9.59 Å². The van der Waals surface area contributed by atoms with Crippen LogP contribution in [0.1, 0.15) is 53.0 Å². The topological polar surface area (TPSA) is 64.6 Å². The highest BCUT2D eigenvalue weighted by Gasteiger charge is 2.40. The first-order chi connectivity index (χ1) is 12.1. The molecule has 0 aromatic heterocycles. The van der Waals surface area contributed by atoms with Crippen LogP contribution in [0.5, 0.6) is 0 Å². The number of hydrogen-bond acceptors (Lipinski definition) is 4. The standard InChI is InChI=1S/C21H31NO4/c1-14(2)11-16-13-18(25-19(16)23)17(12-15-9-7-6-8-10-15)22-20(24)26-21(3,4)5/h6-10,14,16-18H,11-13H2,1-5H3,(H,22,24)/t16-,17+,18+/m1/s1. The number of rotatable bonds is 6. The number of carbonyl (C=O) groups excluding carboxylic acids is 2. The molecule has 1 heterocycles. The second kappa shape index (κ2) is 8.56. The van der Waals surface area contributed by atoms with Crippen molar-refractivity contribution in [3.63, 3.8) is 0 Å². The molecule has 2 rings (SSSR count). The SMILES string of the molecule is CC(C)C[C@@H]1C[C@@H]([C@H](Cc2ccccc2)NC(=O)OC(C)(C)C)OC1=O. The molecule has 0 bridgehead atoms. The van der Waals surface area contributed by atoms with Crippen LogP contribution in [-0.2, 0) is 20.7 Å². The molecule has 26 heavy (non-hydrogen) atoms. The van der Waals surface area contributed by atoms with Gasteiger partial charge in [0.1, 0.15) is 11.7 Å². The number of esters is 1. The van der Waals surface area contributed by atoms with Gasteiger partial charge < -0.3 is 14.8 Å². The zero-order chi connectivity index (χ0) is 19.3. The molecule has 1 saturated heterocycles. The fourth-order valence-electron chi connectivity index (χ4n) is 3.28. The Labute approximate surface area is 156 Å². The zero-order valence-corrected chi connectivity index (χ0v) is 16.5. The van der Waals surface area contributed by atoms with Gasteiger partial charge in [-0.2, -0.15) is 0 Å². The van der Waals surface area contributed by atoms with Gasteiger partial charge in [-0.15, -0.1) is 0 Å². The minimum Gasteiger partial charge on any atom is -0.460 e. The van der Waals surface area contributed by atoms with Crippen LogP contribution in [0.15, 0.2) is 30.3 Å². The van der Waals surface area contributed by atoms with Crippen LogP contribution in [0.3, 0.4) is 0 Å². The highest BCUT2D eigenvalue weighted by atomic mass is 16.6. The molecule has 0 spiro atoms. The summed E-state index contributed by atoms with van der Waals surface area (Å²) in [6.45, 7) is 9.68. The first-order valence-electron chi connectivity index (χ1n) is 9.38. The second-order valence-electron chi connectivity index (χ2n) is 8.48. The Balaban J connectivity index is 2.10. The summed E-state index contributed by atoms with van der Waals surface area (Å²) < 4.78 is 11.0. The molecule has 5 nitrogen and oxygen atoms in total. The highest BCUT2D eigenvalue weighted by molar-refractivity contribution is 5.75. The second-order valence-corrected chi connectivity index (χ2v) is 8.48. The molecule has 144 valence electrons. The van der Waals surface area contributed by atoms with E-state index in [0.717, 1.165) is 12.0 Å². The molecular weight excluding hydrogens is 330 g/mol. The summed E-state index contributed by atoms with van der Waals surface area (Å²) in [5.41, 5.74) is 0.505. The zero-order valence-electron chi connectivity index (χ0n) is 16.5. The van der Waals surface area contributed by atoms with Gasteiger partial charge in [-0.3, -0.25) is 4.79 Å². The number of carbonyl (C=O) groups is 2. The molecule has 1 aromatic rings. The molecule has 1 fully saturated rings. The van der Waals surface area contributed by atoms with Gasteiger partial charge in [0.05, 0.1) is 12.0 Å². The van der Waals surface area contributed by atoms with Gasteiger partial charge in [-0.25, -0.2) is 4.79 Å². The maximum atomic E-state index is 12.3. The van der Waals surface area contributed by atoms with Crippen molar-refractivity contribution in [2.45, 2.75) is 71.6 Å². The Hall–Kier alpha value is -2.04. The van der Waals surface area contributed by atoms with Gasteiger partial charge in [0.25, 0.3) is 0 Å². The predicted molar refractivity (Wildman–Crippen MR) is 101 cm³/mol. The normalized spacial score (nSPS) is 21.4. The fraction of sp³-hybridized carbons (Fsp3) is 0.619. The van der Waals surface area contributed by atoms with E-state index in [4.69, 9.17) is 9.47 Å². The van der Waals surface area contributed by atoms with Crippen molar-refractivity contribution >= 4 is 12.1 Å². The van der Waals surface area contributed by atoms with E-state index in [-0.39, 0.29) is 24.0 Å². The Morgan fingerprint density at radius 3 is 2.50 bits per heavy atom. The van der Waals surface area contributed by atoms with E-state index in [1.165, 1.54) is 0 Å². The van der Waals surface area contributed by atoms with E-state index in [2.05, 4.69) is 19.2 Å². The lowest BCUT2D eigenvalue weighted by molar-refractivity contribution is -0.145. The van der Waals surface area contributed by atoms with Crippen LogP contribution in [0.2, 0.25) is 0 Å². The number of benzene rings is 1. The molecule has 1 aliphatic rings. The third-order valence-corrected chi connectivity index (χ3v) is 4.32. The average Bonchev–Trinajstić information content (AvgIpc) is 2.86. The van der Waals surface area contributed by atoms with Crippen LogP contribution in [0, 0.1) is 11.8 Å². The number of alkyl carbamates (subject to hydrolysis) is 1. The first kappa shape index (κ1) is 20.3. The van der Waals surface area contributed by atoms with Gasteiger partial charge in [0.15, 0.2) is 0 Å². The van der Waals surface area contributed by atoms with Crippen molar-refractivity contribution in [3.8, 4) is 0 Å². The van der Waals surface area contributed by atoms with Crippen molar-refractivity contribution in [2.24, 2.45) is 11.8 Å². The van der Waals surface area contributed by atoms with E-state index in [0.29, 0.717) is 18.8 Å². The summed E-state index contributed by atoms with van der Waals surface area (Å²) in [4.78, 5) is 24.5. The smallest absolute Gasteiger partial charge is 0.408 e. The van der Waals surface area contributed by atoms with Crippen LogP contribution in [0.25, 0.3) is 0 Å². The third kappa shape index (κ3) is 6.36.